The molecule has 0 unspecified atom stereocenters. The lowest BCUT2D eigenvalue weighted by Gasteiger charge is -2.27. The van der Waals surface area contributed by atoms with Gasteiger partial charge in [0.25, 0.3) is 5.91 Å². The van der Waals surface area contributed by atoms with Crippen LogP contribution in [0.15, 0.2) is 42.5 Å². The third kappa shape index (κ3) is 3.32. The van der Waals surface area contributed by atoms with E-state index in [1.54, 1.807) is 6.07 Å². The van der Waals surface area contributed by atoms with Crippen LogP contribution in [0.25, 0.3) is 11.1 Å². The van der Waals surface area contributed by atoms with Crippen LogP contribution in [0.1, 0.15) is 45.5 Å². The van der Waals surface area contributed by atoms with Gasteiger partial charge in [-0.05, 0) is 61.1 Å². The van der Waals surface area contributed by atoms with Crippen LogP contribution in [0.5, 0.6) is 0 Å². The lowest BCUT2D eigenvalue weighted by atomic mass is 9.96. The highest BCUT2D eigenvalue weighted by Crippen LogP contribution is 2.26. The van der Waals surface area contributed by atoms with Crippen molar-refractivity contribution in [2.75, 3.05) is 13.1 Å². The van der Waals surface area contributed by atoms with Crippen LogP contribution in [0.4, 0.5) is 0 Å². The molecular weight excluding hydrogens is 302 g/mol. The third-order valence-corrected chi connectivity index (χ3v) is 4.53. The van der Waals surface area contributed by atoms with Crippen LogP contribution in [-0.2, 0) is 0 Å². The molecule has 4 heteroatoms. The number of benzene rings is 2. The number of carbonyl (C=O) groups excluding carboxylic acids is 1. The standard InChI is InChI=1S/C20H21NO3/c1-14-7-3-4-8-18(14)15-11-16(13-17(12-15)20(23)24)19(22)21-9-5-2-6-10-21/h3-4,7-8,11-13H,2,5-6,9-10H2,1H3,(H,23,24). The Bertz CT molecular complexity index is 776. The monoisotopic (exact) mass is 323 g/mol. The molecule has 2 aromatic rings. The van der Waals surface area contributed by atoms with Gasteiger partial charge in [0.05, 0.1) is 5.56 Å². The van der Waals surface area contributed by atoms with Gasteiger partial charge >= 0.3 is 5.97 Å². The summed E-state index contributed by atoms with van der Waals surface area (Å²) in [5.41, 5.74) is 3.38. The van der Waals surface area contributed by atoms with E-state index >= 15 is 0 Å². The quantitative estimate of drug-likeness (QED) is 0.929. The molecule has 1 amide bonds. The molecule has 0 aliphatic carbocycles. The van der Waals surface area contributed by atoms with Crippen molar-refractivity contribution in [2.45, 2.75) is 26.2 Å². The van der Waals surface area contributed by atoms with Crippen molar-refractivity contribution in [1.82, 2.24) is 4.90 Å². The van der Waals surface area contributed by atoms with Crippen molar-refractivity contribution in [3.8, 4) is 11.1 Å². The number of carbonyl (C=O) groups is 2. The second-order valence-corrected chi connectivity index (χ2v) is 6.27. The number of hydrogen-bond acceptors (Lipinski definition) is 2. The van der Waals surface area contributed by atoms with Gasteiger partial charge in [-0.2, -0.15) is 0 Å². The highest BCUT2D eigenvalue weighted by molar-refractivity contribution is 5.99. The van der Waals surface area contributed by atoms with Crippen LogP contribution in [-0.4, -0.2) is 35.0 Å². The smallest absolute Gasteiger partial charge is 0.335 e. The van der Waals surface area contributed by atoms with Crippen molar-refractivity contribution in [3.05, 3.63) is 59.2 Å². The lowest BCUT2D eigenvalue weighted by Crippen LogP contribution is -2.35. The second kappa shape index (κ2) is 6.87. The van der Waals surface area contributed by atoms with Gasteiger partial charge in [-0.25, -0.2) is 4.79 Å². The molecule has 2 aromatic carbocycles. The number of likely N-dealkylation sites (tertiary alicyclic amines) is 1. The van der Waals surface area contributed by atoms with E-state index in [-0.39, 0.29) is 11.5 Å². The fourth-order valence-corrected chi connectivity index (χ4v) is 3.21. The molecule has 1 aliphatic heterocycles. The van der Waals surface area contributed by atoms with Gasteiger partial charge in [0.15, 0.2) is 0 Å². The zero-order chi connectivity index (χ0) is 17.1. The summed E-state index contributed by atoms with van der Waals surface area (Å²) in [5.74, 6) is -1.09. The predicted molar refractivity (Wildman–Crippen MR) is 93.3 cm³/mol. The summed E-state index contributed by atoms with van der Waals surface area (Å²) < 4.78 is 0. The molecule has 0 spiro atoms. The van der Waals surface area contributed by atoms with Gasteiger partial charge in [0.1, 0.15) is 0 Å². The van der Waals surface area contributed by atoms with Crippen molar-refractivity contribution in [1.29, 1.82) is 0 Å². The van der Waals surface area contributed by atoms with Crippen molar-refractivity contribution in [3.63, 3.8) is 0 Å². The van der Waals surface area contributed by atoms with E-state index < -0.39 is 5.97 Å². The molecular formula is C20H21NO3. The Morgan fingerprint density at radius 1 is 0.958 bits per heavy atom. The molecule has 124 valence electrons. The summed E-state index contributed by atoms with van der Waals surface area (Å²) >= 11 is 0. The molecule has 4 nitrogen and oxygen atoms in total. The molecule has 1 heterocycles. The summed E-state index contributed by atoms with van der Waals surface area (Å²) in [5, 5.41) is 9.42. The number of nitrogens with zero attached hydrogens (tertiary/aromatic N) is 1. The van der Waals surface area contributed by atoms with Crippen molar-refractivity contribution in [2.24, 2.45) is 0 Å². The van der Waals surface area contributed by atoms with E-state index in [4.69, 9.17) is 0 Å². The van der Waals surface area contributed by atoms with E-state index in [1.807, 2.05) is 42.2 Å². The van der Waals surface area contributed by atoms with Gasteiger partial charge < -0.3 is 10.0 Å². The first-order valence-corrected chi connectivity index (χ1v) is 8.30. The number of carboxylic acid groups (broad SMARTS) is 1. The first kappa shape index (κ1) is 16.2. The van der Waals surface area contributed by atoms with Gasteiger partial charge in [-0.15, -0.1) is 0 Å². The van der Waals surface area contributed by atoms with Crippen molar-refractivity contribution >= 4 is 11.9 Å². The van der Waals surface area contributed by atoms with E-state index in [9.17, 15) is 14.7 Å². The lowest BCUT2D eigenvalue weighted by molar-refractivity contribution is 0.0697. The highest BCUT2D eigenvalue weighted by atomic mass is 16.4. The summed E-state index contributed by atoms with van der Waals surface area (Å²) in [4.78, 5) is 26.1. The van der Waals surface area contributed by atoms with E-state index in [2.05, 4.69) is 0 Å². The Morgan fingerprint density at radius 3 is 2.29 bits per heavy atom. The molecule has 1 N–H and O–H groups in total. The molecule has 0 aromatic heterocycles. The number of aromatic carboxylic acids is 1. The van der Waals surface area contributed by atoms with Crippen LogP contribution in [0, 0.1) is 6.92 Å². The Balaban J connectivity index is 2.04. The number of piperidine rings is 1. The molecule has 0 radical (unpaired) electrons. The Hall–Kier alpha value is -2.62. The largest absolute Gasteiger partial charge is 0.478 e. The van der Waals surface area contributed by atoms with Crippen LogP contribution in [0.3, 0.4) is 0 Å². The number of amides is 1. The fraction of sp³-hybridized carbons (Fsp3) is 0.300. The Kier molecular flexibility index (Phi) is 4.65. The minimum absolute atomic E-state index is 0.0763. The van der Waals surface area contributed by atoms with E-state index in [0.29, 0.717) is 5.56 Å². The molecule has 1 saturated heterocycles. The molecule has 3 rings (SSSR count). The van der Waals surface area contributed by atoms with Gasteiger partial charge in [0.2, 0.25) is 0 Å². The minimum Gasteiger partial charge on any atom is -0.478 e. The summed E-state index contributed by atoms with van der Waals surface area (Å²) in [6.45, 7) is 3.47. The average molecular weight is 323 g/mol. The molecule has 1 fully saturated rings. The van der Waals surface area contributed by atoms with Gasteiger partial charge in [-0.3, -0.25) is 4.79 Å². The van der Waals surface area contributed by atoms with Gasteiger partial charge in [0, 0.05) is 18.7 Å². The SMILES string of the molecule is Cc1ccccc1-c1cc(C(=O)O)cc(C(=O)N2CCCCC2)c1. The number of carboxylic acids is 1. The summed E-state index contributed by atoms with van der Waals surface area (Å²) in [7, 11) is 0. The van der Waals surface area contributed by atoms with E-state index in [1.165, 1.54) is 6.07 Å². The maximum absolute atomic E-state index is 12.8. The summed E-state index contributed by atoms with van der Waals surface area (Å²) in [6.07, 6.45) is 3.16. The third-order valence-electron chi connectivity index (χ3n) is 4.53. The molecule has 0 atom stereocenters. The maximum atomic E-state index is 12.8. The molecule has 1 aliphatic rings. The maximum Gasteiger partial charge on any atom is 0.335 e. The van der Waals surface area contributed by atoms with Crippen LogP contribution >= 0.6 is 0 Å². The fourth-order valence-electron chi connectivity index (χ4n) is 3.21. The Morgan fingerprint density at radius 2 is 1.62 bits per heavy atom. The normalized spacial score (nSPS) is 14.5. The van der Waals surface area contributed by atoms with Crippen molar-refractivity contribution < 1.29 is 14.7 Å². The second-order valence-electron chi connectivity index (χ2n) is 6.27. The first-order valence-electron chi connectivity index (χ1n) is 8.30. The molecule has 0 saturated carbocycles. The van der Waals surface area contributed by atoms with Gasteiger partial charge in [-0.1, -0.05) is 24.3 Å². The van der Waals surface area contributed by atoms with Crippen LogP contribution in [0.2, 0.25) is 0 Å². The topological polar surface area (TPSA) is 57.6 Å². The highest BCUT2D eigenvalue weighted by Gasteiger charge is 2.20. The number of aryl methyl sites for hydroxylation is 1. The first-order chi connectivity index (χ1) is 11.6. The summed E-state index contributed by atoms with van der Waals surface area (Å²) in [6, 6.07) is 12.7. The zero-order valence-electron chi connectivity index (χ0n) is 13.8. The predicted octanol–water partition coefficient (Wildman–Crippen LogP) is 3.99. The average Bonchev–Trinajstić information content (AvgIpc) is 2.61. The van der Waals surface area contributed by atoms with E-state index in [0.717, 1.165) is 49.0 Å². The van der Waals surface area contributed by atoms with Crippen LogP contribution < -0.4 is 0 Å². The number of rotatable bonds is 3. The molecule has 0 bridgehead atoms. The minimum atomic E-state index is -1.02. The zero-order valence-corrected chi connectivity index (χ0v) is 13.8. The Labute approximate surface area is 141 Å². The molecule has 24 heavy (non-hydrogen) atoms. The number of hydrogen-bond donors (Lipinski definition) is 1.